The molecule has 1 N–H and O–H groups in total. The number of rotatable bonds is 3. The van der Waals surface area contributed by atoms with E-state index in [4.69, 9.17) is 18.9 Å². The number of carbonyl (C=O) groups is 1. The summed E-state index contributed by atoms with van der Waals surface area (Å²) in [6, 6.07) is 0. The Morgan fingerprint density at radius 2 is 1.95 bits per heavy atom. The summed E-state index contributed by atoms with van der Waals surface area (Å²) >= 11 is 0. The van der Waals surface area contributed by atoms with E-state index in [0.717, 1.165) is 0 Å². The maximum Gasteiger partial charge on any atom is 0.312 e. The van der Waals surface area contributed by atoms with Crippen LogP contribution in [0.5, 0.6) is 0 Å². The lowest BCUT2D eigenvalue weighted by molar-refractivity contribution is -0.164. The zero-order valence-electron chi connectivity index (χ0n) is 11.4. The second-order valence-electron chi connectivity index (χ2n) is 5.74. The number of ether oxygens (including phenoxy) is 4. The van der Waals surface area contributed by atoms with Gasteiger partial charge in [0.25, 0.3) is 0 Å². The van der Waals surface area contributed by atoms with E-state index in [1.807, 2.05) is 13.8 Å². The Morgan fingerprint density at radius 3 is 2.58 bits per heavy atom. The third-order valence-electron chi connectivity index (χ3n) is 3.99. The van der Waals surface area contributed by atoms with Crippen LogP contribution >= 0.6 is 0 Å². The molecule has 3 fully saturated rings. The first kappa shape index (κ1) is 13.3. The molecule has 1 saturated carbocycles. The zero-order valence-corrected chi connectivity index (χ0v) is 11.4. The largest absolute Gasteiger partial charge is 0.466 e. The predicted octanol–water partition coefficient (Wildman–Crippen LogP) is 0.0753. The Balaban J connectivity index is 1.77. The number of carbonyl (C=O) groups excluding carboxylic acids is 1. The van der Waals surface area contributed by atoms with Gasteiger partial charge in [0.1, 0.15) is 12.2 Å². The summed E-state index contributed by atoms with van der Waals surface area (Å²) in [4.78, 5) is 11.9. The second kappa shape index (κ2) is 4.41. The highest BCUT2D eigenvalue weighted by atomic mass is 16.8. The summed E-state index contributed by atoms with van der Waals surface area (Å²) < 4.78 is 22.4. The number of hydrogen-bond acceptors (Lipinski definition) is 6. The zero-order chi connectivity index (χ0) is 13.8. The van der Waals surface area contributed by atoms with Crippen LogP contribution in [0.1, 0.15) is 20.8 Å². The van der Waals surface area contributed by atoms with Crippen molar-refractivity contribution in [2.45, 2.75) is 51.0 Å². The first-order valence-electron chi connectivity index (χ1n) is 6.77. The Kier molecular flexibility index (Phi) is 3.09. The number of esters is 1. The van der Waals surface area contributed by atoms with Gasteiger partial charge in [-0.25, -0.2) is 0 Å². The normalized spacial score (nSPS) is 46.3. The third-order valence-corrected chi connectivity index (χ3v) is 3.99. The van der Waals surface area contributed by atoms with Crippen molar-refractivity contribution < 1.29 is 28.8 Å². The van der Waals surface area contributed by atoms with Crippen molar-refractivity contribution in [2.75, 3.05) is 13.2 Å². The Morgan fingerprint density at radius 1 is 1.26 bits per heavy atom. The molecular weight excluding hydrogens is 252 g/mol. The molecule has 2 saturated heterocycles. The highest BCUT2D eigenvalue weighted by molar-refractivity contribution is 5.77. The molecule has 0 aromatic rings. The summed E-state index contributed by atoms with van der Waals surface area (Å²) in [5.74, 6) is -1.26. The molecule has 0 aromatic carbocycles. The maximum atomic E-state index is 11.9. The molecule has 0 radical (unpaired) electrons. The quantitative estimate of drug-likeness (QED) is 0.733. The second-order valence-corrected chi connectivity index (χ2v) is 5.74. The van der Waals surface area contributed by atoms with Crippen LogP contribution in [0.15, 0.2) is 0 Å². The van der Waals surface area contributed by atoms with Crippen LogP contribution in [-0.4, -0.2) is 54.5 Å². The molecule has 2 heterocycles. The van der Waals surface area contributed by atoms with E-state index in [0.29, 0.717) is 6.61 Å². The lowest BCUT2D eigenvalue weighted by atomic mass is 10.0. The number of aliphatic hydroxyl groups is 1. The van der Waals surface area contributed by atoms with Gasteiger partial charge in [0.2, 0.25) is 0 Å². The molecule has 4 unspecified atom stereocenters. The molecule has 0 bridgehead atoms. The Labute approximate surface area is 112 Å². The van der Waals surface area contributed by atoms with Crippen molar-refractivity contribution in [1.82, 2.24) is 0 Å². The van der Waals surface area contributed by atoms with Crippen molar-refractivity contribution in [3.05, 3.63) is 0 Å². The fraction of sp³-hybridized carbons (Fsp3) is 0.923. The van der Waals surface area contributed by atoms with Crippen LogP contribution in [0, 0.1) is 11.8 Å². The fourth-order valence-electron chi connectivity index (χ4n) is 3.23. The van der Waals surface area contributed by atoms with Gasteiger partial charge < -0.3 is 24.1 Å². The van der Waals surface area contributed by atoms with E-state index >= 15 is 0 Å². The van der Waals surface area contributed by atoms with Gasteiger partial charge in [0.05, 0.1) is 31.3 Å². The minimum atomic E-state index is -0.706. The third kappa shape index (κ3) is 2.07. The predicted molar refractivity (Wildman–Crippen MR) is 63.2 cm³/mol. The highest BCUT2D eigenvalue weighted by Crippen LogP contribution is 2.55. The molecule has 0 amide bonds. The van der Waals surface area contributed by atoms with Crippen molar-refractivity contribution in [3.8, 4) is 0 Å². The first-order chi connectivity index (χ1) is 8.98. The van der Waals surface area contributed by atoms with Gasteiger partial charge in [-0.05, 0) is 20.8 Å². The molecule has 6 atom stereocenters. The van der Waals surface area contributed by atoms with Gasteiger partial charge in [-0.2, -0.15) is 0 Å². The average molecular weight is 272 g/mol. The van der Waals surface area contributed by atoms with Gasteiger partial charge in [-0.15, -0.1) is 0 Å². The number of hydrogen-bond donors (Lipinski definition) is 1. The summed E-state index contributed by atoms with van der Waals surface area (Å²) in [6.45, 7) is 5.66. The molecule has 0 spiro atoms. The van der Waals surface area contributed by atoms with Gasteiger partial charge in [0, 0.05) is 5.92 Å². The molecule has 3 aliphatic rings. The molecule has 108 valence electrons. The average Bonchev–Trinajstić information content (AvgIpc) is 2.97. The summed E-state index contributed by atoms with van der Waals surface area (Å²) in [5.41, 5.74) is 0. The molecule has 19 heavy (non-hydrogen) atoms. The molecule has 3 rings (SSSR count). The number of fused-ring (bicyclic) bond motifs is 3. The molecular formula is C13H20O6. The van der Waals surface area contributed by atoms with Crippen molar-refractivity contribution in [3.63, 3.8) is 0 Å². The lowest BCUT2D eigenvalue weighted by Gasteiger charge is -2.29. The number of aliphatic hydroxyl groups excluding tert-OH is 1. The van der Waals surface area contributed by atoms with Crippen molar-refractivity contribution >= 4 is 5.97 Å². The SMILES string of the molecule is CCOC(=O)[C@@H]1C2O[C@H](CO)C3OC(C)(C)OC3C21. The topological polar surface area (TPSA) is 74.2 Å². The standard InChI is InChI=1S/C13H20O6/c1-4-16-12(15)8-7-10(8)17-6(5-14)9-11(7)19-13(2,3)18-9/h6-11,14H,4-5H2,1-3H3/t6-,7?,8+,9?,10?,11?/m1/s1. The monoisotopic (exact) mass is 272 g/mol. The molecule has 1 aliphatic carbocycles. The molecule has 0 aromatic heterocycles. The van der Waals surface area contributed by atoms with Crippen LogP contribution in [0.25, 0.3) is 0 Å². The molecule has 2 aliphatic heterocycles. The minimum Gasteiger partial charge on any atom is -0.466 e. The lowest BCUT2D eigenvalue weighted by Crippen LogP contribution is -2.45. The van der Waals surface area contributed by atoms with Gasteiger partial charge >= 0.3 is 5.97 Å². The fourth-order valence-corrected chi connectivity index (χ4v) is 3.23. The Hall–Kier alpha value is -0.690. The van der Waals surface area contributed by atoms with Crippen molar-refractivity contribution in [2.24, 2.45) is 11.8 Å². The van der Waals surface area contributed by atoms with Gasteiger partial charge in [0.15, 0.2) is 5.79 Å². The highest BCUT2D eigenvalue weighted by Gasteiger charge is 2.70. The van der Waals surface area contributed by atoms with E-state index in [9.17, 15) is 9.90 Å². The smallest absolute Gasteiger partial charge is 0.312 e. The van der Waals surface area contributed by atoms with Crippen LogP contribution in [0.3, 0.4) is 0 Å². The van der Waals surface area contributed by atoms with E-state index in [1.165, 1.54) is 0 Å². The summed E-state index contributed by atoms with van der Waals surface area (Å²) in [7, 11) is 0. The van der Waals surface area contributed by atoms with E-state index < -0.39 is 11.9 Å². The Bertz CT molecular complexity index is 381. The molecule has 6 heteroatoms. The van der Waals surface area contributed by atoms with E-state index in [1.54, 1.807) is 6.92 Å². The summed E-state index contributed by atoms with van der Waals surface area (Å²) in [6.07, 6.45) is -1.18. The van der Waals surface area contributed by atoms with E-state index in [2.05, 4.69) is 0 Å². The first-order valence-corrected chi connectivity index (χ1v) is 6.77. The van der Waals surface area contributed by atoms with Crippen LogP contribution in [0.2, 0.25) is 0 Å². The van der Waals surface area contributed by atoms with Crippen molar-refractivity contribution in [1.29, 1.82) is 0 Å². The molecule has 6 nitrogen and oxygen atoms in total. The van der Waals surface area contributed by atoms with Gasteiger partial charge in [-0.3, -0.25) is 4.79 Å². The van der Waals surface area contributed by atoms with Crippen LogP contribution in [-0.2, 0) is 23.7 Å². The van der Waals surface area contributed by atoms with E-state index in [-0.39, 0.29) is 42.7 Å². The van der Waals surface area contributed by atoms with Gasteiger partial charge in [-0.1, -0.05) is 0 Å². The van der Waals surface area contributed by atoms with Crippen LogP contribution < -0.4 is 0 Å². The summed E-state index contributed by atoms with van der Waals surface area (Å²) in [5, 5.41) is 9.40. The maximum absolute atomic E-state index is 11.9. The minimum absolute atomic E-state index is 0.0198. The van der Waals surface area contributed by atoms with Crippen LogP contribution in [0.4, 0.5) is 0 Å².